The van der Waals surface area contributed by atoms with Crippen LogP contribution in [0.15, 0.2) is 54.6 Å². The Morgan fingerprint density at radius 2 is 1.70 bits per heavy atom. The largest absolute Gasteiger partial charge is 0.495 e. The van der Waals surface area contributed by atoms with Crippen molar-refractivity contribution >= 4 is 52.9 Å². The van der Waals surface area contributed by atoms with Gasteiger partial charge < -0.3 is 40.4 Å². The van der Waals surface area contributed by atoms with Crippen LogP contribution < -0.4 is 21.1 Å². The van der Waals surface area contributed by atoms with Gasteiger partial charge in [-0.2, -0.15) is 0 Å². The third-order valence-corrected chi connectivity index (χ3v) is 10.6. The van der Waals surface area contributed by atoms with Crippen molar-refractivity contribution in [3.05, 3.63) is 76.3 Å². The highest BCUT2D eigenvalue weighted by Gasteiger charge is 2.39. The molecular formula is C42H57Cl2N3O10. The van der Waals surface area contributed by atoms with Crippen LogP contribution in [0.3, 0.4) is 0 Å². The van der Waals surface area contributed by atoms with Crippen molar-refractivity contribution in [2.24, 2.45) is 28.4 Å². The maximum Gasteiger partial charge on any atom is 0.347 e. The number of benzene rings is 2. The molecule has 6 atom stereocenters. The minimum Gasteiger partial charge on any atom is -0.495 e. The minimum absolute atomic E-state index is 0.0208. The molecule has 13 nitrogen and oxygen atoms in total. The van der Waals surface area contributed by atoms with Gasteiger partial charge in [0.2, 0.25) is 11.8 Å². The Kier molecular flexibility index (Phi) is 17.4. The van der Waals surface area contributed by atoms with Gasteiger partial charge in [0.15, 0.2) is 6.10 Å². The molecule has 0 saturated carbocycles. The molecule has 15 heteroatoms. The number of carbonyl (C=O) groups excluding carboxylic acids is 5. The first-order valence-corrected chi connectivity index (χ1v) is 19.8. The molecule has 5 N–H and O–H groups in total. The second kappa shape index (κ2) is 21.0. The fourth-order valence-corrected chi connectivity index (χ4v) is 6.38. The number of aliphatic hydroxyl groups excluding tert-OH is 1. The lowest BCUT2D eigenvalue weighted by Crippen LogP contribution is -2.51. The van der Waals surface area contributed by atoms with E-state index >= 15 is 0 Å². The van der Waals surface area contributed by atoms with E-state index in [4.69, 9.17) is 47.9 Å². The van der Waals surface area contributed by atoms with E-state index < -0.39 is 76.2 Å². The van der Waals surface area contributed by atoms with Gasteiger partial charge in [-0.05, 0) is 74.9 Å². The second-order valence-corrected chi connectivity index (χ2v) is 17.0. The number of ether oxygens (including phenoxy) is 4. The molecule has 3 rings (SSSR count). The second-order valence-electron chi connectivity index (χ2n) is 16.1. The molecule has 2 unspecified atom stereocenters. The molecule has 2 aromatic carbocycles. The van der Waals surface area contributed by atoms with Crippen LogP contribution in [0.5, 0.6) is 5.75 Å². The summed E-state index contributed by atoms with van der Waals surface area (Å²) in [5.41, 5.74) is 5.46. The minimum atomic E-state index is -1.30. The number of methoxy groups -OCH3 is 1. The molecule has 0 saturated heterocycles. The molecule has 2 aromatic rings. The molecular weight excluding hydrogens is 777 g/mol. The molecule has 1 heterocycles. The molecule has 0 spiro atoms. The van der Waals surface area contributed by atoms with Crippen molar-refractivity contribution in [3.63, 3.8) is 0 Å². The summed E-state index contributed by atoms with van der Waals surface area (Å²) in [6, 6.07) is 10.8. The number of halogens is 2. The zero-order valence-electron chi connectivity index (χ0n) is 33.9. The summed E-state index contributed by atoms with van der Waals surface area (Å²) in [7, 11) is 1.48. The number of nitrogens with one attached hydrogen (secondary N) is 2. The number of hydrogen-bond acceptors (Lipinski definition) is 11. The van der Waals surface area contributed by atoms with Crippen LogP contribution in [-0.2, 0) is 51.2 Å². The van der Waals surface area contributed by atoms with E-state index in [1.54, 1.807) is 77.1 Å². The third-order valence-electron chi connectivity index (χ3n) is 9.80. The topological polar surface area (TPSA) is 193 Å². The number of amides is 2. The van der Waals surface area contributed by atoms with Crippen molar-refractivity contribution < 1.29 is 48.0 Å². The molecule has 1 aliphatic heterocycles. The van der Waals surface area contributed by atoms with Crippen molar-refractivity contribution in [1.82, 2.24) is 10.6 Å². The van der Waals surface area contributed by atoms with E-state index in [0.29, 0.717) is 27.5 Å². The van der Waals surface area contributed by atoms with Gasteiger partial charge >= 0.3 is 17.9 Å². The molecule has 0 aliphatic carbocycles. The normalized spacial score (nSPS) is 21.9. The van der Waals surface area contributed by atoms with Crippen LogP contribution in [0.25, 0.3) is 0 Å². The summed E-state index contributed by atoms with van der Waals surface area (Å²) >= 11 is 13.1. The van der Waals surface area contributed by atoms with Gasteiger partial charge in [-0.15, -0.1) is 11.6 Å². The number of hydrogen-bond donors (Lipinski definition) is 4. The van der Waals surface area contributed by atoms with E-state index in [1.807, 2.05) is 13.8 Å². The van der Waals surface area contributed by atoms with Gasteiger partial charge in [-0.25, -0.2) is 4.79 Å². The molecule has 2 amide bonds. The summed E-state index contributed by atoms with van der Waals surface area (Å²) < 4.78 is 22.4. The van der Waals surface area contributed by atoms with E-state index in [-0.39, 0.29) is 44.9 Å². The number of nitrogens with two attached hydrogens (primary N) is 1. The first kappa shape index (κ1) is 47.2. The molecule has 0 aromatic heterocycles. The number of esters is 3. The molecule has 1 aliphatic rings. The van der Waals surface area contributed by atoms with Gasteiger partial charge in [0.1, 0.15) is 24.5 Å². The van der Waals surface area contributed by atoms with Crippen LogP contribution in [0, 0.1) is 22.7 Å². The van der Waals surface area contributed by atoms with Crippen LogP contribution in [-0.4, -0.2) is 79.4 Å². The Bertz CT molecular complexity index is 1750. The Hall–Kier alpha value is -4.17. The highest BCUT2D eigenvalue weighted by Crippen LogP contribution is 2.33. The van der Waals surface area contributed by atoms with Gasteiger partial charge in [0.25, 0.3) is 0 Å². The summed E-state index contributed by atoms with van der Waals surface area (Å²) in [5.74, 6) is -3.59. The lowest BCUT2D eigenvalue weighted by Gasteiger charge is -2.32. The molecule has 314 valence electrons. The first-order chi connectivity index (χ1) is 26.7. The first-order valence-electron chi connectivity index (χ1n) is 19.0. The Labute approximate surface area is 345 Å². The fourth-order valence-electron chi connectivity index (χ4n) is 5.73. The standard InChI is InChI=1S/C42H57Cl2N3O10/c1-24(2)18-33-38(51)56-31(25(3)36(49)35(44)28-15-12-26(13-16-28)21-55-39(52)41(4,5)22-45)10-9-11-34(48)47-30(20-27-14-17-32(54-8)29(43)19-27)37(50)46-23-42(6,7)40(53)57-33/h9,11-17,19,24-25,30-31,33,35-36,49H,10,18,20-23,45H2,1-8H3,(H,46,50)(H,47,48)/b11-9+/t25-,30-,31+,33-,35?,36?/m0/s1. The monoisotopic (exact) mass is 833 g/mol. The molecule has 0 bridgehead atoms. The van der Waals surface area contributed by atoms with Gasteiger partial charge in [0, 0.05) is 31.8 Å². The fraction of sp³-hybridized carbons (Fsp3) is 0.548. The highest BCUT2D eigenvalue weighted by molar-refractivity contribution is 6.32. The number of alkyl halides is 1. The Balaban J connectivity index is 1.90. The van der Waals surface area contributed by atoms with Crippen molar-refractivity contribution in [2.75, 3.05) is 20.2 Å². The van der Waals surface area contributed by atoms with Gasteiger partial charge in [-0.3, -0.25) is 19.2 Å². The zero-order chi connectivity index (χ0) is 42.7. The zero-order valence-corrected chi connectivity index (χ0v) is 35.4. The number of carbonyl (C=O) groups is 5. The average molecular weight is 835 g/mol. The van der Waals surface area contributed by atoms with E-state index in [9.17, 15) is 29.1 Å². The Morgan fingerprint density at radius 3 is 2.30 bits per heavy atom. The number of cyclic esters (lactones) is 2. The predicted molar refractivity (Wildman–Crippen MR) is 216 cm³/mol. The third kappa shape index (κ3) is 13.7. The van der Waals surface area contributed by atoms with Gasteiger partial charge in [-0.1, -0.05) is 68.8 Å². The molecule has 0 fully saturated rings. The summed E-state index contributed by atoms with van der Waals surface area (Å²) in [6.45, 7) is 11.9. The number of aliphatic hydroxyl groups is 1. The quantitative estimate of drug-likeness (QED) is 0.116. The van der Waals surface area contributed by atoms with Crippen LogP contribution >= 0.6 is 23.2 Å². The van der Waals surface area contributed by atoms with Crippen LogP contribution in [0.1, 0.15) is 83.4 Å². The van der Waals surface area contributed by atoms with E-state index in [1.165, 1.54) is 19.3 Å². The summed E-state index contributed by atoms with van der Waals surface area (Å²) in [6.07, 6.45) is -0.724. The lowest BCUT2D eigenvalue weighted by atomic mass is 9.90. The maximum absolute atomic E-state index is 13.8. The maximum atomic E-state index is 13.8. The smallest absolute Gasteiger partial charge is 0.347 e. The van der Waals surface area contributed by atoms with Gasteiger partial charge in [0.05, 0.1) is 34.4 Å². The number of rotatable bonds is 13. The van der Waals surface area contributed by atoms with E-state index in [0.717, 1.165) is 0 Å². The van der Waals surface area contributed by atoms with Crippen molar-refractivity contribution in [2.45, 2.75) is 104 Å². The molecule has 57 heavy (non-hydrogen) atoms. The highest BCUT2D eigenvalue weighted by atomic mass is 35.5. The summed E-state index contributed by atoms with van der Waals surface area (Å²) in [4.78, 5) is 66.5. The van der Waals surface area contributed by atoms with Crippen LogP contribution in [0.4, 0.5) is 0 Å². The average Bonchev–Trinajstić information content (AvgIpc) is 3.16. The van der Waals surface area contributed by atoms with Crippen molar-refractivity contribution in [1.29, 1.82) is 0 Å². The van der Waals surface area contributed by atoms with Crippen LogP contribution in [0.2, 0.25) is 5.02 Å². The Morgan fingerprint density at radius 1 is 1.05 bits per heavy atom. The summed E-state index contributed by atoms with van der Waals surface area (Å²) in [5, 5.41) is 16.4. The van der Waals surface area contributed by atoms with E-state index in [2.05, 4.69) is 10.6 Å². The molecule has 0 radical (unpaired) electrons. The SMILES string of the molecule is COc1ccc(C[C@@H]2NC(=O)/C=C/C[C@H]([C@H](C)C(O)C(Cl)c3ccc(COC(=O)C(C)(C)CN)cc3)OC(=O)[C@H](CC(C)C)OC(=O)C(C)(C)CNC2=O)cc1Cl. The lowest BCUT2D eigenvalue weighted by molar-refractivity contribution is -0.180. The predicted octanol–water partition coefficient (Wildman–Crippen LogP) is 5.35. The van der Waals surface area contributed by atoms with Crippen molar-refractivity contribution in [3.8, 4) is 5.75 Å².